The van der Waals surface area contributed by atoms with E-state index in [1.54, 1.807) is 6.07 Å². The zero-order valence-electron chi connectivity index (χ0n) is 15.4. The van der Waals surface area contributed by atoms with Gasteiger partial charge in [-0.25, -0.2) is 4.98 Å². The Labute approximate surface area is 174 Å². The van der Waals surface area contributed by atoms with Crippen molar-refractivity contribution >= 4 is 33.4 Å². The standard InChI is InChI=1S/C17H13ClF3N3O5S/c1-26-11-3-8(22-6-14(11)27-2)7-30(25)15-23-9-4-12-13(5-10(9)24-15)29-17(20,21)16(18,19)28-12/h3-6H,7H2,1-2H3,(H,23,24). The zero-order chi connectivity index (χ0) is 21.7. The van der Waals surface area contributed by atoms with E-state index in [1.165, 1.54) is 20.4 Å². The first-order valence-corrected chi connectivity index (χ1v) is 9.96. The van der Waals surface area contributed by atoms with E-state index >= 15 is 0 Å². The molecule has 0 radical (unpaired) electrons. The Hall–Kier alpha value is -2.73. The van der Waals surface area contributed by atoms with Crippen LogP contribution in [0.5, 0.6) is 23.0 Å². The second kappa shape index (κ2) is 7.20. The number of imidazole rings is 1. The van der Waals surface area contributed by atoms with Gasteiger partial charge in [0.2, 0.25) is 0 Å². The number of nitrogens with zero attached hydrogens (tertiary/aromatic N) is 2. The first-order valence-electron chi connectivity index (χ1n) is 8.26. The molecule has 1 aliphatic rings. The molecule has 160 valence electrons. The maximum absolute atomic E-state index is 13.8. The van der Waals surface area contributed by atoms with Crippen molar-refractivity contribution in [2.45, 2.75) is 22.3 Å². The third-order valence-corrected chi connectivity index (χ3v) is 5.64. The Bertz CT molecular complexity index is 1100. The van der Waals surface area contributed by atoms with Gasteiger partial charge < -0.3 is 23.9 Å². The lowest BCUT2D eigenvalue weighted by molar-refractivity contribution is -0.303. The fourth-order valence-electron chi connectivity index (χ4n) is 2.72. The highest BCUT2D eigenvalue weighted by atomic mass is 35.5. The summed E-state index contributed by atoms with van der Waals surface area (Å²) in [6, 6.07) is 3.86. The first kappa shape index (κ1) is 20.5. The van der Waals surface area contributed by atoms with E-state index in [2.05, 4.69) is 24.4 Å². The predicted octanol–water partition coefficient (Wildman–Crippen LogP) is 3.51. The van der Waals surface area contributed by atoms with Crippen LogP contribution in [0.2, 0.25) is 0 Å². The summed E-state index contributed by atoms with van der Waals surface area (Å²) in [5, 5.41) is -3.82. The van der Waals surface area contributed by atoms with Crippen LogP contribution in [0.3, 0.4) is 0 Å². The maximum Gasteiger partial charge on any atom is 0.488 e. The number of rotatable bonds is 5. The second-order valence-electron chi connectivity index (χ2n) is 6.12. The fraction of sp³-hybridized carbons (Fsp3) is 0.294. The van der Waals surface area contributed by atoms with Crippen LogP contribution in [-0.4, -0.2) is 44.8 Å². The van der Waals surface area contributed by atoms with Crippen LogP contribution in [0.1, 0.15) is 5.69 Å². The number of hydrogen-bond donors (Lipinski definition) is 1. The highest BCUT2D eigenvalue weighted by Crippen LogP contribution is 2.49. The Morgan fingerprint density at radius 1 is 1.13 bits per heavy atom. The molecule has 1 aromatic carbocycles. The number of aromatic nitrogens is 3. The molecular formula is C17H13ClF3N3O5S. The van der Waals surface area contributed by atoms with Crippen molar-refractivity contribution in [3.05, 3.63) is 30.1 Å². The number of H-pyrrole nitrogens is 1. The molecule has 0 saturated heterocycles. The van der Waals surface area contributed by atoms with Crippen molar-refractivity contribution in [1.29, 1.82) is 0 Å². The minimum Gasteiger partial charge on any atom is -0.493 e. The van der Waals surface area contributed by atoms with Crippen LogP contribution < -0.4 is 18.9 Å². The lowest BCUT2D eigenvalue weighted by atomic mass is 10.2. The van der Waals surface area contributed by atoms with E-state index in [1.807, 2.05) is 0 Å². The van der Waals surface area contributed by atoms with E-state index in [0.717, 1.165) is 12.1 Å². The molecule has 2 atom stereocenters. The van der Waals surface area contributed by atoms with Gasteiger partial charge in [-0.1, -0.05) is 0 Å². The summed E-state index contributed by atoms with van der Waals surface area (Å²) in [7, 11) is 1.25. The van der Waals surface area contributed by atoms with Gasteiger partial charge in [-0.05, 0) is 11.6 Å². The van der Waals surface area contributed by atoms with Crippen molar-refractivity contribution in [2.75, 3.05) is 14.2 Å². The number of ether oxygens (including phenoxy) is 4. The van der Waals surface area contributed by atoms with E-state index in [-0.39, 0.29) is 27.7 Å². The normalized spacial score (nSPS) is 20.7. The number of hydrogen-bond acceptors (Lipinski definition) is 7. The van der Waals surface area contributed by atoms with E-state index in [9.17, 15) is 17.4 Å². The quantitative estimate of drug-likeness (QED) is 0.578. The molecule has 1 N–H and O–H groups in total. The molecule has 30 heavy (non-hydrogen) atoms. The lowest BCUT2D eigenvalue weighted by Gasteiger charge is -2.33. The van der Waals surface area contributed by atoms with Gasteiger partial charge in [-0.2, -0.15) is 13.2 Å². The van der Waals surface area contributed by atoms with Gasteiger partial charge in [0, 0.05) is 18.2 Å². The van der Waals surface area contributed by atoms with Gasteiger partial charge >= 0.3 is 11.4 Å². The monoisotopic (exact) mass is 463 g/mol. The van der Waals surface area contributed by atoms with Gasteiger partial charge in [0.25, 0.3) is 0 Å². The molecule has 2 unspecified atom stereocenters. The Kier molecular flexibility index (Phi) is 4.93. The summed E-state index contributed by atoms with van der Waals surface area (Å²) in [6.07, 6.45) is -2.97. The van der Waals surface area contributed by atoms with Crippen LogP contribution in [0.4, 0.5) is 13.2 Å². The van der Waals surface area contributed by atoms with Gasteiger partial charge in [0.1, 0.15) is 0 Å². The molecule has 3 heterocycles. The number of nitrogens with one attached hydrogen (secondary N) is 1. The van der Waals surface area contributed by atoms with E-state index < -0.39 is 28.0 Å². The number of halogens is 4. The largest absolute Gasteiger partial charge is 0.493 e. The average Bonchev–Trinajstić information content (AvgIpc) is 3.09. The molecule has 13 heteroatoms. The van der Waals surface area contributed by atoms with E-state index in [0.29, 0.717) is 17.2 Å². The lowest BCUT2D eigenvalue weighted by Crippen LogP contribution is -2.51. The predicted molar refractivity (Wildman–Crippen MR) is 99.4 cm³/mol. The molecule has 1 aliphatic heterocycles. The topological polar surface area (TPSA) is 95.6 Å². The highest BCUT2D eigenvalue weighted by Gasteiger charge is 2.63. The number of fused-ring (bicyclic) bond motifs is 2. The summed E-state index contributed by atoms with van der Waals surface area (Å²) in [6.45, 7) is 0. The first-order chi connectivity index (χ1) is 14.1. The van der Waals surface area contributed by atoms with Crippen molar-refractivity contribution in [3.8, 4) is 23.0 Å². The van der Waals surface area contributed by atoms with Gasteiger partial charge in [0.15, 0.2) is 28.2 Å². The van der Waals surface area contributed by atoms with Crippen LogP contribution in [-0.2, 0) is 16.6 Å². The summed E-state index contributed by atoms with van der Waals surface area (Å²) in [5.41, 5.74) is 0.873. The fourth-order valence-corrected chi connectivity index (χ4v) is 3.82. The van der Waals surface area contributed by atoms with Crippen molar-refractivity contribution in [3.63, 3.8) is 0 Å². The highest BCUT2D eigenvalue weighted by molar-refractivity contribution is 7.84. The number of pyridine rings is 1. The number of methoxy groups -OCH3 is 2. The molecular weight excluding hydrogens is 451 g/mol. The van der Waals surface area contributed by atoms with Crippen molar-refractivity contribution in [1.82, 2.24) is 15.0 Å². The summed E-state index contributed by atoms with van der Waals surface area (Å²) in [4.78, 5) is 11.1. The minimum absolute atomic E-state index is 0.0137. The summed E-state index contributed by atoms with van der Waals surface area (Å²) in [5.74, 6) is 0.0182. The van der Waals surface area contributed by atoms with Crippen LogP contribution in [0.15, 0.2) is 29.6 Å². The van der Waals surface area contributed by atoms with Gasteiger partial charge in [-0.3, -0.25) is 9.19 Å². The van der Waals surface area contributed by atoms with Crippen molar-refractivity contribution in [2.24, 2.45) is 0 Å². The SMILES string of the molecule is COc1cnc(CS(=O)c2nc3cc4c(cc3[nH]2)OC(F)(F)C(F)(Cl)O4)cc1OC. The molecule has 4 rings (SSSR count). The Balaban J connectivity index is 1.62. The number of benzene rings is 1. The molecule has 2 aromatic heterocycles. The van der Waals surface area contributed by atoms with E-state index in [4.69, 9.17) is 21.1 Å². The summed E-state index contributed by atoms with van der Waals surface area (Å²) >= 11 is 5.07. The third-order valence-electron chi connectivity index (χ3n) is 4.16. The molecule has 0 amide bonds. The molecule has 0 aliphatic carbocycles. The number of aromatic amines is 1. The Morgan fingerprint density at radius 2 is 1.83 bits per heavy atom. The number of alkyl halides is 4. The molecule has 0 fully saturated rings. The second-order valence-corrected chi connectivity index (χ2v) is 7.97. The Morgan fingerprint density at radius 3 is 2.53 bits per heavy atom. The third kappa shape index (κ3) is 3.49. The van der Waals surface area contributed by atoms with Crippen LogP contribution >= 0.6 is 11.6 Å². The van der Waals surface area contributed by atoms with Crippen LogP contribution in [0, 0.1) is 0 Å². The molecule has 3 aromatic rings. The average molecular weight is 464 g/mol. The maximum atomic E-state index is 13.8. The molecule has 8 nitrogen and oxygen atoms in total. The van der Waals surface area contributed by atoms with Crippen molar-refractivity contribution < 1.29 is 36.3 Å². The molecule has 0 spiro atoms. The van der Waals surface area contributed by atoms with Crippen LogP contribution in [0.25, 0.3) is 11.0 Å². The van der Waals surface area contributed by atoms with Gasteiger partial charge in [0.05, 0.1) is 53.7 Å². The minimum atomic E-state index is -4.40. The summed E-state index contributed by atoms with van der Waals surface area (Å²) < 4.78 is 72.8. The smallest absolute Gasteiger partial charge is 0.488 e. The molecule has 0 bridgehead atoms. The zero-order valence-corrected chi connectivity index (χ0v) is 16.9. The molecule has 0 saturated carbocycles. The van der Waals surface area contributed by atoms with Gasteiger partial charge in [-0.15, -0.1) is 0 Å².